The highest BCUT2D eigenvalue weighted by Crippen LogP contribution is 2.37. The van der Waals surface area contributed by atoms with Gasteiger partial charge in [0.25, 0.3) is 5.91 Å². The molecule has 0 bridgehead atoms. The van der Waals surface area contributed by atoms with Crippen molar-refractivity contribution in [3.63, 3.8) is 0 Å². The van der Waals surface area contributed by atoms with Crippen molar-refractivity contribution in [3.8, 4) is 11.5 Å². The Hall–Kier alpha value is -2.82. The molecule has 0 atom stereocenters. The smallest absolute Gasteiger partial charge is 0.331 e. The number of ether oxygens (including phenoxy) is 3. The van der Waals surface area contributed by atoms with Crippen LogP contribution in [0.15, 0.2) is 62.1 Å². The van der Waals surface area contributed by atoms with Crippen LogP contribution < -0.4 is 14.8 Å². The van der Waals surface area contributed by atoms with Crippen molar-refractivity contribution < 1.29 is 23.8 Å². The van der Waals surface area contributed by atoms with Crippen LogP contribution in [0.25, 0.3) is 0 Å². The number of halogens is 2. The summed E-state index contributed by atoms with van der Waals surface area (Å²) in [5.41, 5.74) is 1.53. The lowest BCUT2D eigenvalue weighted by Gasteiger charge is -2.14. The van der Waals surface area contributed by atoms with Crippen molar-refractivity contribution in [1.29, 1.82) is 0 Å². The summed E-state index contributed by atoms with van der Waals surface area (Å²) in [6, 6.07) is 10.9. The molecule has 166 valence electrons. The van der Waals surface area contributed by atoms with Crippen LogP contribution in [0.3, 0.4) is 0 Å². The number of nitrogens with one attached hydrogen (secondary N) is 1. The molecule has 0 radical (unpaired) electrons. The zero-order valence-corrected chi connectivity index (χ0v) is 20.1. The number of benzene rings is 2. The SMILES string of the molecule is COC(=O)/C=C1/S/C(=N\N=Cc2cc(Br)c(OCc3ccccc3Cl)c(OC)c2)NC1=O. The fourth-order valence-corrected chi connectivity index (χ4v) is 4.01. The first-order valence-electron chi connectivity index (χ1n) is 9.05. The van der Waals surface area contributed by atoms with Gasteiger partial charge in [-0.3, -0.25) is 10.1 Å². The third kappa shape index (κ3) is 6.12. The van der Waals surface area contributed by atoms with Gasteiger partial charge in [-0.2, -0.15) is 5.10 Å². The van der Waals surface area contributed by atoms with Gasteiger partial charge >= 0.3 is 5.97 Å². The van der Waals surface area contributed by atoms with E-state index in [4.69, 9.17) is 21.1 Å². The Bertz CT molecular complexity index is 1140. The fourth-order valence-electron chi connectivity index (χ4n) is 2.51. The van der Waals surface area contributed by atoms with Crippen molar-refractivity contribution in [2.24, 2.45) is 10.2 Å². The van der Waals surface area contributed by atoms with Crippen molar-refractivity contribution >= 4 is 62.6 Å². The van der Waals surface area contributed by atoms with E-state index < -0.39 is 11.9 Å². The number of amidine groups is 1. The number of hydrogen-bond acceptors (Lipinski definition) is 8. The first-order chi connectivity index (χ1) is 15.4. The summed E-state index contributed by atoms with van der Waals surface area (Å²) >= 11 is 10.7. The van der Waals surface area contributed by atoms with E-state index in [0.29, 0.717) is 26.6 Å². The lowest BCUT2D eigenvalue weighted by molar-refractivity contribution is -0.135. The molecule has 1 amide bonds. The van der Waals surface area contributed by atoms with Crippen LogP contribution in [0.2, 0.25) is 5.02 Å². The third-order valence-corrected chi connectivity index (χ3v) is 5.90. The van der Waals surface area contributed by atoms with Crippen molar-refractivity contribution in [2.45, 2.75) is 6.61 Å². The molecule has 1 saturated heterocycles. The molecule has 1 aliphatic rings. The summed E-state index contributed by atoms with van der Waals surface area (Å²) in [5, 5.41) is 11.3. The number of amides is 1. The first kappa shape index (κ1) is 23.8. The zero-order chi connectivity index (χ0) is 23.1. The van der Waals surface area contributed by atoms with Crippen molar-refractivity contribution in [2.75, 3.05) is 14.2 Å². The van der Waals surface area contributed by atoms with E-state index in [1.165, 1.54) is 20.4 Å². The van der Waals surface area contributed by atoms with Gasteiger partial charge in [0, 0.05) is 16.7 Å². The predicted octanol–water partition coefficient (Wildman–Crippen LogP) is 4.30. The molecular formula is C21H17BrClN3O5S. The Labute approximate surface area is 201 Å². The molecule has 0 saturated carbocycles. The molecule has 0 unspecified atom stereocenters. The maximum atomic E-state index is 11.8. The van der Waals surface area contributed by atoms with E-state index in [0.717, 1.165) is 23.4 Å². The van der Waals surface area contributed by atoms with Crippen LogP contribution in [0.5, 0.6) is 11.5 Å². The number of carbonyl (C=O) groups is 2. The summed E-state index contributed by atoms with van der Waals surface area (Å²) in [6.07, 6.45) is 2.59. The minimum Gasteiger partial charge on any atom is -0.493 e. The Morgan fingerprint density at radius 3 is 2.78 bits per heavy atom. The van der Waals surface area contributed by atoms with E-state index >= 15 is 0 Å². The molecule has 32 heavy (non-hydrogen) atoms. The lowest BCUT2D eigenvalue weighted by Crippen LogP contribution is -2.19. The van der Waals surface area contributed by atoms with E-state index in [2.05, 4.69) is 36.2 Å². The number of hydrogen-bond donors (Lipinski definition) is 1. The van der Waals surface area contributed by atoms with Gasteiger partial charge in [0.05, 0.1) is 29.8 Å². The summed E-state index contributed by atoms with van der Waals surface area (Å²) in [5.74, 6) is -0.0561. The van der Waals surface area contributed by atoms with Crippen LogP contribution in [-0.2, 0) is 20.9 Å². The fraction of sp³-hybridized carbons (Fsp3) is 0.143. The number of esters is 1. The second kappa shape index (κ2) is 11.2. The van der Waals surface area contributed by atoms with Gasteiger partial charge in [0.15, 0.2) is 16.7 Å². The summed E-state index contributed by atoms with van der Waals surface area (Å²) in [6.45, 7) is 0.272. The zero-order valence-electron chi connectivity index (χ0n) is 16.9. The molecule has 0 aliphatic carbocycles. The topological polar surface area (TPSA) is 98.6 Å². The Kier molecular flexibility index (Phi) is 8.32. The van der Waals surface area contributed by atoms with E-state index in [1.54, 1.807) is 18.2 Å². The quantitative estimate of drug-likeness (QED) is 0.244. The van der Waals surface area contributed by atoms with E-state index in [1.807, 2.05) is 18.2 Å². The van der Waals surface area contributed by atoms with Crippen molar-refractivity contribution in [1.82, 2.24) is 5.32 Å². The molecule has 0 aromatic heterocycles. The standard InChI is InChI=1S/C21H17BrClN3O5S/c1-29-16-8-12(7-14(22)19(16)31-11-13-5-3-4-6-15(13)23)10-24-26-21-25-20(28)17(32-21)9-18(27)30-2/h3-10H,11H2,1-2H3,(H,25,26,28)/b17-9+,24-10?. The van der Waals surface area contributed by atoms with Gasteiger partial charge in [0.1, 0.15) is 6.61 Å². The van der Waals surface area contributed by atoms with Crippen LogP contribution in [0.1, 0.15) is 11.1 Å². The molecule has 1 heterocycles. The molecule has 1 aliphatic heterocycles. The van der Waals surface area contributed by atoms with E-state index in [-0.39, 0.29) is 16.7 Å². The molecule has 1 fully saturated rings. The number of methoxy groups -OCH3 is 2. The Morgan fingerprint density at radius 2 is 2.06 bits per heavy atom. The van der Waals surface area contributed by atoms with Crippen LogP contribution in [-0.4, -0.2) is 37.5 Å². The van der Waals surface area contributed by atoms with E-state index in [9.17, 15) is 9.59 Å². The van der Waals surface area contributed by atoms with Crippen molar-refractivity contribution in [3.05, 3.63) is 68.0 Å². The molecule has 8 nitrogen and oxygen atoms in total. The highest BCUT2D eigenvalue weighted by molar-refractivity contribution is 9.10. The summed E-state index contributed by atoms with van der Waals surface area (Å²) in [4.78, 5) is 23.3. The number of carbonyl (C=O) groups excluding carboxylic acids is 2. The molecular weight excluding hydrogens is 522 g/mol. The Balaban J connectivity index is 1.72. The molecule has 1 N–H and O–H groups in total. The third-order valence-electron chi connectivity index (χ3n) is 4.04. The monoisotopic (exact) mass is 537 g/mol. The average molecular weight is 539 g/mol. The highest BCUT2D eigenvalue weighted by atomic mass is 79.9. The normalized spacial score (nSPS) is 15.9. The largest absolute Gasteiger partial charge is 0.493 e. The minimum atomic E-state index is -0.624. The molecule has 2 aromatic carbocycles. The number of thioether (sulfide) groups is 1. The molecule has 11 heteroatoms. The lowest BCUT2D eigenvalue weighted by atomic mass is 10.2. The maximum absolute atomic E-state index is 11.8. The van der Waals surface area contributed by atoms with Gasteiger partial charge in [-0.25, -0.2) is 4.79 Å². The molecule has 3 rings (SSSR count). The maximum Gasteiger partial charge on any atom is 0.331 e. The second-order valence-electron chi connectivity index (χ2n) is 6.15. The van der Waals surface area contributed by atoms with Crippen LogP contribution in [0, 0.1) is 0 Å². The van der Waals surface area contributed by atoms with Crippen LogP contribution in [0.4, 0.5) is 0 Å². The number of rotatable bonds is 7. The predicted molar refractivity (Wildman–Crippen MR) is 127 cm³/mol. The average Bonchev–Trinajstić information content (AvgIpc) is 3.12. The molecule has 2 aromatic rings. The van der Waals surface area contributed by atoms with Gasteiger partial charge in [-0.15, -0.1) is 5.10 Å². The first-order valence-corrected chi connectivity index (χ1v) is 11.0. The van der Waals surface area contributed by atoms with Gasteiger partial charge in [-0.1, -0.05) is 29.8 Å². The van der Waals surface area contributed by atoms with Crippen LogP contribution >= 0.6 is 39.3 Å². The van der Waals surface area contributed by atoms with Gasteiger partial charge in [-0.05, 0) is 51.5 Å². The molecule has 0 spiro atoms. The van der Waals surface area contributed by atoms with Gasteiger partial charge < -0.3 is 14.2 Å². The second-order valence-corrected chi connectivity index (χ2v) is 8.44. The number of nitrogens with zero attached hydrogens (tertiary/aromatic N) is 2. The minimum absolute atomic E-state index is 0.176. The summed E-state index contributed by atoms with van der Waals surface area (Å²) in [7, 11) is 2.76. The Morgan fingerprint density at radius 1 is 1.28 bits per heavy atom. The summed E-state index contributed by atoms with van der Waals surface area (Å²) < 4.78 is 16.5. The highest BCUT2D eigenvalue weighted by Gasteiger charge is 2.25. The van der Waals surface area contributed by atoms with Gasteiger partial charge in [0.2, 0.25) is 0 Å².